The molecule has 0 saturated carbocycles. The van der Waals surface area contributed by atoms with Crippen molar-refractivity contribution in [1.82, 2.24) is 0 Å². The standard InChI is InChI=1S/C16H14F3NO3S/c1-22-12-6-8-14(9-7-12)24-10-15(21)20-11-2-4-13(5-3-11)23-16(17,18)19/h2-9H,10H2,1H3,(H,20,21). The first kappa shape index (κ1) is 18.0. The number of halogens is 3. The van der Waals surface area contributed by atoms with Gasteiger partial charge in [0.25, 0.3) is 0 Å². The number of rotatable bonds is 6. The molecule has 2 aromatic carbocycles. The number of ether oxygens (including phenoxy) is 2. The molecule has 0 bridgehead atoms. The fraction of sp³-hybridized carbons (Fsp3) is 0.188. The van der Waals surface area contributed by atoms with E-state index in [0.717, 1.165) is 22.8 Å². The summed E-state index contributed by atoms with van der Waals surface area (Å²) in [5, 5.41) is 2.60. The van der Waals surface area contributed by atoms with Gasteiger partial charge in [0.1, 0.15) is 11.5 Å². The summed E-state index contributed by atoms with van der Waals surface area (Å²) in [6.07, 6.45) is -4.74. The quantitative estimate of drug-likeness (QED) is 0.782. The van der Waals surface area contributed by atoms with Crippen LogP contribution in [-0.4, -0.2) is 25.1 Å². The Bertz CT molecular complexity index is 672. The van der Waals surface area contributed by atoms with Gasteiger partial charge < -0.3 is 14.8 Å². The smallest absolute Gasteiger partial charge is 0.497 e. The molecule has 1 N–H and O–H groups in total. The monoisotopic (exact) mass is 357 g/mol. The molecule has 2 rings (SSSR count). The van der Waals surface area contributed by atoms with Crippen LogP contribution in [0.4, 0.5) is 18.9 Å². The summed E-state index contributed by atoms with van der Waals surface area (Å²) in [5.41, 5.74) is 0.393. The van der Waals surface area contributed by atoms with Crippen LogP contribution in [0.5, 0.6) is 11.5 Å². The summed E-state index contributed by atoms with van der Waals surface area (Å²) in [5.74, 6) is 0.297. The number of carbonyl (C=O) groups excluding carboxylic acids is 1. The summed E-state index contributed by atoms with van der Waals surface area (Å²) >= 11 is 1.34. The molecule has 0 saturated heterocycles. The Morgan fingerprint density at radius 2 is 1.62 bits per heavy atom. The number of amides is 1. The van der Waals surface area contributed by atoms with Gasteiger partial charge in [0.05, 0.1) is 12.9 Å². The molecule has 2 aromatic rings. The minimum atomic E-state index is -4.74. The summed E-state index contributed by atoms with van der Waals surface area (Å²) in [6, 6.07) is 12.2. The van der Waals surface area contributed by atoms with Crippen LogP contribution in [0.1, 0.15) is 0 Å². The third-order valence-corrected chi connectivity index (χ3v) is 3.81. The van der Waals surface area contributed by atoms with E-state index in [9.17, 15) is 18.0 Å². The highest BCUT2D eigenvalue weighted by atomic mass is 32.2. The van der Waals surface area contributed by atoms with Gasteiger partial charge in [0.2, 0.25) is 5.91 Å². The van der Waals surface area contributed by atoms with Crippen molar-refractivity contribution in [3.8, 4) is 11.5 Å². The van der Waals surface area contributed by atoms with E-state index in [2.05, 4.69) is 10.1 Å². The van der Waals surface area contributed by atoms with Crippen molar-refractivity contribution < 1.29 is 27.4 Å². The SMILES string of the molecule is COc1ccc(SCC(=O)Nc2ccc(OC(F)(F)F)cc2)cc1. The maximum atomic E-state index is 12.1. The second kappa shape index (κ2) is 7.96. The molecule has 0 aliphatic heterocycles. The number of anilines is 1. The minimum absolute atomic E-state index is 0.174. The number of hydrogen-bond acceptors (Lipinski definition) is 4. The third-order valence-electron chi connectivity index (χ3n) is 2.80. The summed E-state index contributed by atoms with van der Waals surface area (Å²) < 4.78 is 45.0. The second-order valence-electron chi connectivity index (χ2n) is 4.58. The Balaban J connectivity index is 1.83. The van der Waals surface area contributed by atoms with Crippen molar-refractivity contribution in [3.05, 3.63) is 48.5 Å². The highest BCUT2D eigenvalue weighted by molar-refractivity contribution is 8.00. The lowest BCUT2D eigenvalue weighted by atomic mass is 10.3. The van der Waals surface area contributed by atoms with Crippen molar-refractivity contribution >= 4 is 23.4 Å². The molecular formula is C16H14F3NO3S. The topological polar surface area (TPSA) is 47.6 Å². The maximum absolute atomic E-state index is 12.1. The van der Waals surface area contributed by atoms with Gasteiger partial charge in [0, 0.05) is 10.6 Å². The van der Waals surface area contributed by atoms with E-state index >= 15 is 0 Å². The van der Waals surface area contributed by atoms with E-state index in [1.54, 1.807) is 19.2 Å². The number of thioether (sulfide) groups is 1. The van der Waals surface area contributed by atoms with Gasteiger partial charge in [-0.3, -0.25) is 4.79 Å². The molecule has 0 heterocycles. The molecule has 8 heteroatoms. The Morgan fingerprint density at radius 1 is 1.04 bits per heavy atom. The molecule has 0 aliphatic carbocycles. The first-order valence-electron chi connectivity index (χ1n) is 6.78. The van der Waals surface area contributed by atoms with Crippen molar-refractivity contribution in [2.24, 2.45) is 0 Å². The van der Waals surface area contributed by atoms with Crippen LogP contribution in [0.15, 0.2) is 53.4 Å². The normalized spacial score (nSPS) is 11.0. The average molecular weight is 357 g/mol. The van der Waals surface area contributed by atoms with Gasteiger partial charge in [-0.15, -0.1) is 24.9 Å². The second-order valence-corrected chi connectivity index (χ2v) is 5.63. The molecule has 0 spiro atoms. The fourth-order valence-electron chi connectivity index (χ4n) is 1.76. The maximum Gasteiger partial charge on any atom is 0.573 e. The predicted molar refractivity (Wildman–Crippen MR) is 85.5 cm³/mol. The van der Waals surface area contributed by atoms with Crippen molar-refractivity contribution in [1.29, 1.82) is 0 Å². The number of hydrogen-bond donors (Lipinski definition) is 1. The van der Waals surface area contributed by atoms with Crippen LogP contribution in [-0.2, 0) is 4.79 Å². The number of carbonyl (C=O) groups is 1. The van der Waals surface area contributed by atoms with Gasteiger partial charge in [-0.05, 0) is 48.5 Å². The summed E-state index contributed by atoms with van der Waals surface area (Å²) in [4.78, 5) is 12.8. The minimum Gasteiger partial charge on any atom is -0.497 e. The average Bonchev–Trinajstić information content (AvgIpc) is 2.54. The molecule has 0 radical (unpaired) electrons. The first-order chi connectivity index (χ1) is 11.4. The number of nitrogens with one attached hydrogen (secondary N) is 1. The highest BCUT2D eigenvalue weighted by Crippen LogP contribution is 2.24. The summed E-state index contributed by atoms with van der Waals surface area (Å²) in [6.45, 7) is 0. The van der Waals surface area contributed by atoms with E-state index in [0.29, 0.717) is 5.69 Å². The third kappa shape index (κ3) is 6.04. The molecule has 0 aliphatic rings. The van der Waals surface area contributed by atoms with Gasteiger partial charge in [-0.2, -0.15) is 0 Å². The van der Waals surface area contributed by atoms with Gasteiger partial charge >= 0.3 is 6.36 Å². The lowest BCUT2D eigenvalue weighted by Gasteiger charge is -2.10. The number of methoxy groups -OCH3 is 1. The van der Waals surface area contributed by atoms with Gasteiger partial charge in [0.15, 0.2) is 0 Å². The molecule has 128 valence electrons. The Kier molecular flexibility index (Phi) is 5.97. The van der Waals surface area contributed by atoms with E-state index < -0.39 is 6.36 Å². The molecule has 4 nitrogen and oxygen atoms in total. The fourth-order valence-corrected chi connectivity index (χ4v) is 2.46. The zero-order valence-electron chi connectivity index (χ0n) is 12.6. The highest BCUT2D eigenvalue weighted by Gasteiger charge is 2.30. The Morgan fingerprint density at radius 3 is 2.17 bits per heavy atom. The van der Waals surface area contributed by atoms with E-state index in [-0.39, 0.29) is 17.4 Å². The summed E-state index contributed by atoms with van der Waals surface area (Å²) in [7, 11) is 1.57. The first-order valence-corrected chi connectivity index (χ1v) is 7.77. The zero-order chi connectivity index (χ0) is 17.6. The molecule has 0 atom stereocenters. The predicted octanol–water partition coefficient (Wildman–Crippen LogP) is 4.32. The number of alkyl halides is 3. The number of benzene rings is 2. The molecule has 24 heavy (non-hydrogen) atoms. The van der Waals surface area contributed by atoms with Crippen LogP contribution in [0.25, 0.3) is 0 Å². The van der Waals surface area contributed by atoms with Crippen LogP contribution >= 0.6 is 11.8 Å². The molecule has 0 aromatic heterocycles. The van der Waals surface area contributed by atoms with E-state index in [1.165, 1.54) is 23.9 Å². The van der Waals surface area contributed by atoms with Gasteiger partial charge in [-0.1, -0.05) is 0 Å². The molecule has 0 fully saturated rings. The van der Waals surface area contributed by atoms with Crippen LogP contribution < -0.4 is 14.8 Å². The van der Waals surface area contributed by atoms with Crippen molar-refractivity contribution in [2.75, 3.05) is 18.2 Å². The largest absolute Gasteiger partial charge is 0.573 e. The Labute approximate surface area is 141 Å². The lowest BCUT2D eigenvalue weighted by molar-refractivity contribution is -0.274. The van der Waals surface area contributed by atoms with Crippen LogP contribution in [0.2, 0.25) is 0 Å². The van der Waals surface area contributed by atoms with E-state index in [1.807, 2.05) is 12.1 Å². The van der Waals surface area contributed by atoms with Crippen molar-refractivity contribution in [3.63, 3.8) is 0 Å². The molecule has 0 unspecified atom stereocenters. The van der Waals surface area contributed by atoms with Crippen LogP contribution in [0.3, 0.4) is 0 Å². The van der Waals surface area contributed by atoms with Crippen molar-refractivity contribution in [2.45, 2.75) is 11.3 Å². The Hall–Kier alpha value is -2.35. The molecule has 1 amide bonds. The van der Waals surface area contributed by atoms with Crippen LogP contribution in [0, 0.1) is 0 Å². The van der Waals surface area contributed by atoms with Gasteiger partial charge in [-0.25, -0.2) is 0 Å². The lowest BCUT2D eigenvalue weighted by Crippen LogP contribution is -2.17. The van der Waals surface area contributed by atoms with E-state index in [4.69, 9.17) is 4.74 Å². The molecular weight excluding hydrogens is 343 g/mol. The zero-order valence-corrected chi connectivity index (χ0v) is 13.4.